The van der Waals surface area contributed by atoms with E-state index in [0.29, 0.717) is 0 Å². The fourth-order valence-electron chi connectivity index (χ4n) is 4.55. The minimum atomic E-state index is -1.02. The van der Waals surface area contributed by atoms with Crippen LogP contribution in [0.4, 0.5) is 0 Å². The number of carbonyl (C=O) groups is 3. The van der Waals surface area contributed by atoms with E-state index >= 15 is 0 Å². The van der Waals surface area contributed by atoms with E-state index in [1.54, 1.807) is 25.1 Å². The molecule has 0 aromatic heterocycles. The lowest BCUT2D eigenvalue weighted by Gasteiger charge is -2.40. The second-order valence-corrected chi connectivity index (χ2v) is 10.8. The van der Waals surface area contributed by atoms with Crippen LogP contribution < -0.4 is 10.6 Å². The number of hydrogen-bond acceptors (Lipinski definition) is 4. The summed E-state index contributed by atoms with van der Waals surface area (Å²) in [7, 11) is 3.46. The number of nitrogens with zero attached hydrogens (tertiary/aromatic N) is 1. The molecule has 1 aliphatic rings. The third kappa shape index (κ3) is 5.87. The van der Waals surface area contributed by atoms with Gasteiger partial charge in [-0.3, -0.25) is 9.59 Å². The molecular weight excluding hydrogens is 430 g/mol. The van der Waals surface area contributed by atoms with Crippen LogP contribution in [0.5, 0.6) is 0 Å². The van der Waals surface area contributed by atoms with Gasteiger partial charge in [0.05, 0.1) is 6.04 Å². The van der Waals surface area contributed by atoms with Gasteiger partial charge in [0.25, 0.3) is 0 Å². The zero-order valence-corrected chi connectivity index (χ0v) is 21.8. The molecule has 7 heteroatoms. The van der Waals surface area contributed by atoms with Crippen molar-refractivity contribution in [2.45, 2.75) is 72.0 Å². The molecule has 1 aromatic rings. The van der Waals surface area contributed by atoms with Crippen molar-refractivity contribution in [1.29, 1.82) is 0 Å². The summed E-state index contributed by atoms with van der Waals surface area (Å²) >= 11 is 0. The Hall–Kier alpha value is -2.67. The molecule has 34 heavy (non-hydrogen) atoms. The number of carbonyl (C=O) groups excluding carboxylic acids is 2. The van der Waals surface area contributed by atoms with Gasteiger partial charge in [-0.15, -0.1) is 0 Å². The van der Waals surface area contributed by atoms with Crippen LogP contribution in [0.15, 0.2) is 42.0 Å². The molecule has 2 amide bonds. The third-order valence-electron chi connectivity index (χ3n) is 6.80. The largest absolute Gasteiger partial charge is 0.478 e. The first-order valence-electron chi connectivity index (χ1n) is 12.0. The Morgan fingerprint density at radius 3 is 2.09 bits per heavy atom. The quantitative estimate of drug-likeness (QED) is 0.453. The molecule has 1 aliphatic carbocycles. The molecular formula is C27H41N3O4. The first-order valence-corrected chi connectivity index (χ1v) is 12.0. The Bertz CT molecular complexity index is 916. The number of amides is 2. The standard InChI is InChI=1S/C27H41N3O4/c1-17(2)21(16-18(3)24(32)33)30(8)23(31)22(26(4,5)6)29-25(34)27(28-7,20-14-15-20)19-12-10-9-11-13-19/h9-13,16-17,20-22,28H,14-15H2,1-8H3,(H,29,34)(H,32,33)/b18-16+/t21-,22?,27?/m1/s1. The topological polar surface area (TPSA) is 98.7 Å². The molecule has 0 saturated heterocycles. The lowest BCUT2D eigenvalue weighted by atomic mass is 9.81. The van der Waals surface area contributed by atoms with Gasteiger partial charge in [0.15, 0.2) is 0 Å². The average Bonchev–Trinajstić information content (AvgIpc) is 3.61. The number of rotatable bonds is 10. The summed E-state index contributed by atoms with van der Waals surface area (Å²) in [5.41, 5.74) is -0.415. The van der Waals surface area contributed by atoms with Crippen LogP contribution >= 0.6 is 0 Å². The van der Waals surface area contributed by atoms with Crippen LogP contribution in [0.2, 0.25) is 0 Å². The van der Waals surface area contributed by atoms with Crippen molar-refractivity contribution < 1.29 is 19.5 Å². The van der Waals surface area contributed by atoms with Crippen molar-refractivity contribution in [2.24, 2.45) is 17.3 Å². The number of carboxylic acids is 1. The maximum absolute atomic E-state index is 13.9. The van der Waals surface area contributed by atoms with Crippen molar-refractivity contribution in [3.05, 3.63) is 47.5 Å². The Labute approximate surface area is 204 Å². The molecule has 3 N–H and O–H groups in total. The minimum Gasteiger partial charge on any atom is -0.478 e. The molecule has 0 spiro atoms. The van der Waals surface area contributed by atoms with Crippen LogP contribution in [-0.4, -0.2) is 54.0 Å². The lowest BCUT2D eigenvalue weighted by molar-refractivity contribution is -0.142. The van der Waals surface area contributed by atoms with E-state index in [4.69, 9.17) is 0 Å². The summed E-state index contributed by atoms with van der Waals surface area (Å²) in [6, 6.07) is 8.44. The fourth-order valence-corrected chi connectivity index (χ4v) is 4.55. The highest BCUT2D eigenvalue weighted by Crippen LogP contribution is 2.46. The minimum absolute atomic E-state index is 0.00764. The molecule has 0 heterocycles. The first kappa shape index (κ1) is 27.6. The van der Waals surface area contributed by atoms with Crippen LogP contribution in [0.3, 0.4) is 0 Å². The van der Waals surface area contributed by atoms with Gasteiger partial charge in [-0.1, -0.05) is 71.0 Å². The first-order chi connectivity index (χ1) is 15.8. The normalized spacial score (nSPS) is 18.1. The zero-order chi connectivity index (χ0) is 25.8. The lowest BCUT2D eigenvalue weighted by Crippen LogP contribution is -2.62. The van der Waals surface area contributed by atoms with E-state index < -0.39 is 29.0 Å². The highest BCUT2D eigenvalue weighted by atomic mass is 16.4. The van der Waals surface area contributed by atoms with Crippen molar-refractivity contribution in [2.75, 3.05) is 14.1 Å². The highest BCUT2D eigenvalue weighted by molar-refractivity contribution is 5.94. The number of aliphatic carboxylic acids is 1. The van der Waals surface area contributed by atoms with Gasteiger partial charge in [-0.25, -0.2) is 4.79 Å². The second kappa shape index (κ2) is 10.7. The average molecular weight is 472 g/mol. The predicted octanol–water partition coefficient (Wildman–Crippen LogP) is 3.56. The van der Waals surface area contributed by atoms with Gasteiger partial charge in [0.2, 0.25) is 11.8 Å². The molecule has 7 nitrogen and oxygen atoms in total. The van der Waals surface area contributed by atoms with Gasteiger partial charge < -0.3 is 20.6 Å². The van der Waals surface area contributed by atoms with Gasteiger partial charge in [0, 0.05) is 12.6 Å². The summed E-state index contributed by atoms with van der Waals surface area (Å²) in [5.74, 6) is -1.34. The Kier molecular flexibility index (Phi) is 8.70. The van der Waals surface area contributed by atoms with E-state index in [1.165, 1.54) is 6.92 Å². The van der Waals surface area contributed by atoms with E-state index in [-0.39, 0.29) is 29.2 Å². The predicted molar refractivity (Wildman–Crippen MR) is 134 cm³/mol. The van der Waals surface area contributed by atoms with E-state index in [0.717, 1.165) is 18.4 Å². The van der Waals surface area contributed by atoms with Crippen LogP contribution in [-0.2, 0) is 19.9 Å². The summed E-state index contributed by atoms with van der Waals surface area (Å²) < 4.78 is 0. The van der Waals surface area contributed by atoms with Gasteiger partial charge in [-0.2, -0.15) is 0 Å². The molecule has 0 aliphatic heterocycles. The number of likely N-dealkylation sites (N-methyl/N-ethyl adjacent to an activating group) is 2. The molecule has 3 atom stereocenters. The number of hydrogen-bond donors (Lipinski definition) is 3. The Morgan fingerprint density at radius 1 is 1.12 bits per heavy atom. The number of benzene rings is 1. The third-order valence-corrected chi connectivity index (χ3v) is 6.80. The zero-order valence-electron chi connectivity index (χ0n) is 21.8. The summed E-state index contributed by atoms with van der Waals surface area (Å²) in [6.07, 6.45) is 3.48. The van der Waals surface area contributed by atoms with Crippen LogP contribution in [0, 0.1) is 17.3 Å². The van der Waals surface area contributed by atoms with Crippen molar-refractivity contribution in [3.8, 4) is 0 Å². The summed E-state index contributed by atoms with van der Waals surface area (Å²) in [5, 5.41) is 15.7. The molecule has 2 rings (SSSR count). The van der Waals surface area contributed by atoms with Crippen molar-refractivity contribution >= 4 is 17.8 Å². The maximum Gasteiger partial charge on any atom is 0.331 e. The van der Waals surface area contributed by atoms with Gasteiger partial charge >= 0.3 is 5.97 Å². The number of nitrogens with one attached hydrogen (secondary N) is 2. The molecule has 1 aromatic carbocycles. The van der Waals surface area contributed by atoms with Gasteiger partial charge in [-0.05, 0) is 49.6 Å². The van der Waals surface area contributed by atoms with Crippen molar-refractivity contribution in [1.82, 2.24) is 15.5 Å². The monoisotopic (exact) mass is 471 g/mol. The molecule has 0 bridgehead atoms. The van der Waals surface area contributed by atoms with Gasteiger partial charge in [0.1, 0.15) is 11.6 Å². The number of carboxylic acid groups (broad SMARTS) is 1. The summed E-state index contributed by atoms with van der Waals surface area (Å²) in [6.45, 7) is 11.2. The van der Waals surface area contributed by atoms with Crippen LogP contribution in [0.25, 0.3) is 0 Å². The molecule has 1 saturated carbocycles. The van der Waals surface area contributed by atoms with E-state index in [9.17, 15) is 19.5 Å². The Balaban J connectivity index is 2.42. The summed E-state index contributed by atoms with van der Waals surface area (Å²) in [4.78, 5) is 40.6. The van der Waals surface area contributed by atoms with Crippen molar-refractivity contribution in [3.63, 3.8) is 0 Å². The SMILES string of the molecule is CNC(C(=O)NC(C(=O)N(C)[C@H](/C=C(\C)C(=O)O)C(C)C)C(C)(C)C)(c1ccccc1)C1CC1. The van der Waals surface area contributed by atoms with E-state index in [1.807, 2.05) is 65.0 Å². The molecule has 1 fully saturated rings. The fraction of sp³-hybridized carbons (Fsp3) is 0.593. The molecule has 2 unspecified atom stereocenters. The maximum atomic E-state index is 13.9. The molecule has 0 radical (unpaired) electrons. The Morgan fingerprint density at radius 2 is 1.68 bits per heavy atom. The molecule has 188 valence electrons. The highest BCUT2D eigenvalue weighted by Gasteiger charge is 2.52. The van der Waals surface area contributed by atoms with Crippen LogP contribution in [0.1, 0.15) is 59.9 Å². The van der Waals surface area contributed by atoms with E-state index in [2.05, 4.69) is 10.6 Å². The second-order valence-electron chi connectivity index (χ2n) is 10.8. The smallest absolute Gasteiger partial charge is 0.331 e.